The van der Waals surface area contributed by atoms with Crippen molar-refractivity contribution in [2.45, 2.75) is 71.5 Å². The maximum absolute atomic E-state index is 11.5. The maximum atomic E-state index is 11.5. The summed E-state index contributed by atoms with van der Waals surface area (Å²) in [4.78, 5) is 11.5. The van der Waals surface area contributed by atoms with Gasteiger partial charge in [0.15, 0.2) is 0 Å². The van der Waals surface area contributed by atoms with E-state index in [1.54, 1.807) is 0 Å². The first-order valence-electron chi connectivity index (χ1n) is 7.02. The summed E-state index contributed by atoms with van der Waals surface area (Å²) in [5.74, 6) is 0.432. The average molecular weight is 242 g/mol. The van der Waals surface area contributed by atoms with Crippen molar-refractivity contribution in [1.82, 2.24) is 0 Å². The zero-order valence-corrected chi connectivity index (χ0v) is 11.4. The van der Waals surface area contributed by atoms with Gasteiger partial charge >= 0.3 is 5.97 Å². The van der Waals surface area contributed by atoms with Crippen molar-refractivity contribution in [3.63, 3.8) is 0 Å². The molecule has 0 aromatic heterocycles. The van der Waals surface area contributed by atoms with Crippen molar-refractivity contribution in [2.24, 2.45) is 5.92 Å². The van der Waals surface area contributed by atoms with Crippen molar-refractivity contribution in [1.29, 1.82) is 0 Å². The topological polar surface area (TPSA) is 38.8 Å². The zero-order valence-electron chi connectivity index (χ0n) is 11.4. The van der Waals surface area contributed by atoms with Crippen LogP contribution in [0, 0.1) is 5.92 Å². The van der Waals surface area contributed by atoms with E-state index in [-0.39, 0.29) is 12.1 Å². The smallest absolute Gasteiger partial charge is 0.308 e. The molecule has 1 heterocycles. The number of unbranched alkanes of at least 4 members (excludes halogenated alkanes) is 1. The van der Waals surface area contributed by atoms with Crippen LogP contribution < -0.4 is 0 Å². The van der Waals surface area contributed by atoms with Gasteiger partial charge in [-0.1, -0.05) is 40.0 Å². The molecule has 3 atom stereocenters. The molecule has 3 unspecified atom stereocenters. The molecule has 0 amide bonds. The number of rotatable bonds is 9. The quantitative estimate of drug-likeness (QED) is 0.460. The number of hydrogen-bond donors (Lipinski definition) is 0. The van der Waals surface area contributed by atoms with E-state index in [2.05, 4.69) is 20.8 Å². The molecule has 17 heavy (non-hydrogen) atoms. The van der Waals surface area contributed by atoms with Gasteiger partial charge in [-0.25, -0.2) is 0 Å². The lowest BCUT2D eigenvalue weighted by Gasteiger charge is -2.14. The van der Waals surface area contributed by atoms with Gasteiger partial charge in [-0.05, 0) is 18.8 Å². The fourth-order valence-corrected chi connectivity index (χ4v) is 2.05. The van der Waals surface area contributed by atoms with Crippen LogP contribution in [0.25, 0.3) is 0 Å². The minimum Gasteiger partial charge on any atom is -0.465 e. The zero-order chi connectivity index (χ0) is 12.7. The fourth-order valence-electron chi connectivity index (χ4n) is 2.05. The fraction of sp³-hybridized carbons (Fsp3) is 0.929. The third-order valence-corrected chi connectivity index (χ3v) is 3.48. The van der Waals surface area contributed by atoms with Gasteiger partial charge in [-0.2, -0.15) is 0 Å². The highest BCUT2D eigenvalue weighted by Gasteiger charge is 2.38. The van der Waals surface area contributed by atoms with Gasteiger partial charge in [0.25, 0.3) is 0 Å². The number of epoxide rings is 1. The lowest BCUT2D eigenvalue weighted by Crippen LogP contribution is -2.15. The number of carbonyl (C=O) groups excluding carboxylic acids is 1. The highest BCUT2D eigenvalue weighted by Crippen LogP contribution is 2.28. The van der Waals surface area contributed by atoms with Crippen molar-refractivity contribution in [3.05, 3.63) is 0 Å². The first-order chi connectivity index (χ1) is 8.21. The molecule has 0 spiro atoms. The summed E-state index contributed by atoms with van der Waals surface area (Å²) < 4.78 is 10.7. The van der Waals surface area contributed by atoms with Crippen LogP contribution in [0.1, 0.15) is 59.3 Å². The Morgan fingerprint density at radius 3 is 2.59 bits per heavy atom. The van der Waals surface area contributed by atoms with Crippen LogP contribution in [-0.2, 0) is 14.3 Å². The van der Waals surface area contributed by atoms with Crippen LogP contribution in [0.3, 0.4) is 0 Å². The summed E-state index contributed by atoms with van der Waals surface area (Å²) in [6.07, 6.45) is 6.53. The summed E-state index contributed by atoms with van der Waals surface area (Å²) in [7, 11) is 0. The molecule has 0 bridgehead atoms. The van der Waals surface area contributed by atoms with Gasteiger partial charge in [-0.3, -0.25) is 4.79 Å². The SMILES string of the molecule is CCCCC(CC)COC(=O)CC1OC1CC. The molecule has 0 aromatic carbocycles. The Bertz CT molecular complexity index is 228. The van der Waals surface area contributed by atoms with E-state index in [9.17, 15) is 4.79 Å². The van der Waals surface area contributed by atoms with Crippen LogP contribution in [0.2, 0.25) is 0 Å². The molecule has 0 aliphatic carbocycles. The second-order valence-electron chi connectivity index (χ2n) is 4.92. The van der Waals surface area contributed by atoms with Crippen molar-refractivity contribution in [3.8, 4) is 0 Å². The van der Waals surface area contributed by atoms with Crippen LogP contribution in [0.5, 0.6) is 0 Å². The van der Waals surface area contributed by atoms with Gasteiger partial charge in [-0.15, -0.1) is 0 Å². The van der Waals surface area contributed by atoms with Gasteiger partial charge in [0.05, 0.1) is 25.2 Å². The van der Waals surface area contributed by atoms with E-state index in [0.717, 1.165) is 19.3 Å². The molecule has 0 aromatic rings. The molecule has 1 aliphatic heterocycles. The normalized spacial score (nSPS) is 24.4. The first kappa shape index (κ1) is 14.5. The predicted molar refractivity (Wildman–Crippen MR) is 67.8 cm³/mol. The molecule has 1 fully saturated rings. The van der Waals surface area contributed by atoms with E-state index in [1.165, 1.54) is 12.8 Å². The monoisotopic (exact) mass is 242 g/mol. The second-order valence-corrected chi connectivity index (χ2v) is 4.92. The molecule has 1 aliphatic rings. The summed E-state index contributed by atoms with van der Waals surface area (Å²) in [6.45, 7) is 7.01. The number of carbonyl (C=O) groups is 1. The lowest BCUT2D eigenvalue weighted by atomic mass is 10.0. The van der Waals surface area contributed by atoms with Gasteiger partial charge in [0, 0.05) is 0 Å². The first-order valence-corrected chi connectivity index (χ1v) is 7.02. The molecule has 100 valence electrons. The highest BCUT2D eigenvalue weighted by atomic mass is 16.6. The number of esters is 1. The Morgan fingerprint density at radius 2 is 2.06 bits per heavy atom. The van der Waals surface area contributed by atoms with Crippen LogP contribution in [0.4, 0.5) is 0 Å². The number of hydrogen-bond acceptors (Lipinski definition) is 3. The van der Waals surface area contributed by atoms with E-state index in [4.69, 9.17) is 9.47 Å². The van der Waals surface area contributed by atoms with E-state index in [1.807, 2.05) is 0 Å². The Morgan fingerprint density at radius 1 is 1.29 bits per heavy atom. The summed E-state index contributed by atoms with van der Waals surface area (Å²) in [5.41, 5.74) is 0. The highest BCUT2D eigenvalue weighted by molar-refractivity contribution is 5.70. The molecule has 1 rings (SSSR count). The van der Waals surface area contributed by atoms with Crippen LogP contribution in [-0.4, -0.2) is 24.8 Å². The molecule has 1 saturated heterocycles. The minimum atomic E-state index is -0.0964. The molecule has 3 heteroatoms. The lowest BCUT2D eigenvalue weighted by molar-refractivity contribution is -0.145. The predicted octanol–water partition coefficient (Wildman–Crippen LogP) is 3.31. The molecular weight excluding hydrogens is 216 g/mol. The third kappa shape index (κ3) is 5.53. The largest absolute Gasteiger partial charge is 0.465 e. The van der Waals surface area contributed by atoms with Gasteiger partial charge < -0.3 is 9.47 Å². The van der Waals surface area contributed by atoms with Gasteiger partial charge in [0.1, 0.15) is 0 Å². The standard InChI is InChI=1S/C14H26O3/c1-4-7-8-11(5-2)10-16-14(15)9-13-12(6-3)17-13/h11-13H,4-10H2,1-3H3. The molecule has 3 nitrogen and oxygen atoms in total. The van der Waals surface area contributed by atoms with Crippen LogP contribution in [0.15, 0.2) is 0 Å². The van der Waals surface area contributed by atoms with Crippen LogP contribution >= 0.6 is 0 Å². The van der Waals surface area contributed by atoms with E-state index >= 15 is 0 Å². The van der Waals surface area contributed by atoms with Crippen molar-refractivity contribution >= 4 is 5.97 Å². The van der Waals surface area contributed by atoms with E-state index in [0.29, 0.717) is 25.0 Å². The molecule has 0 N–H and O–H groups in total. The minimum absolute atomic E-state index is 0.0964. The third-order valence-electron chi connectivity index (χ3n) is 3.48. The molecule has 0 saturated carbocycles. The number of ether oxygens (including phenoxy) is 2. The maximum Gasteiger partial charge on any atom is 0.308 e. The Balaban J connectivity index is 2.09. The average Bonchev–Trinajstić information content (AvgIpc) is 3.07. The molecular formula is C14H26O3. The Hall–Kier alpha value is -0.570. The van der Waals surface area contributed by atoms with Crippen molar-refractivity contribution in [2.75, 3.05) is 6.61 Å². The van der Waals surface area contributed by atoms with E-state index < -0.39 is 0 Å². The Kier molecular flexibility index (Phi) is 6.56. The van der Waals surface area contributed by atoms with Crippen molar-refractivity contribution < 1.29 is 14.3 Å². The molecule has 0 radical (unpaired) electrons. The van der Waals surface area contributed by atoms with Gasteiger partial charge in [0.2, 0.25) is 0 Å². The summed E-state index contributed by atoms with van der Waals surface area (Å²) in [5, 5.41) is 0. The Labute approximate surface area is 105 Å². The second kappa shape index (κ2) is 7.70. The summed E-state index contributed by atoms with van der Waals surface area (Å²) >= 11 is 0. The summed E-state index contributed by atoms with van der Waals surface area (Å²) in [6, 6.07) is 0.